The highest BCUT2D eigenvalue weighted by molar-refractivity contribution is 5.94. The van der Waals surface area contributed by atoms with Crippen molar-refractivity contribution in [3.63, 3.8) is 0 Å². The van der Waals surface area contributed by atoms with Crippen LogP contribution < -0.4 is 5.32 Å². The molecule has 0 unspecified atom stereocenters. The summed E-state index contributed by atoms with van der Waals surface area (Å²) in [5, 5.41) is 3.11. The van der Waals surface area contributed by atoms with E-state index in [2.05, 4.69) is 36.4 Å². The first-order valence-electron chi connectivity index (χ1n) is 7.71. The molecular weight excluding hydrogens is 248 g/mol. The number of carbonyl (C=O) groups is 1. The molecule has 0 aromatic heterocycles. The molecule has 0 heterocycles. The summed E-state index contributed by atoms with van der Waals surface area (Å²) in [4.78, 5) is 14.5. The van der Waals surface area contributed by atoms with E-state index < -0.39 is 0 Å². The molecule has 1 fully saturated rings. The van der Waals surface area contributed by atoms with Crippen LogP contribution in [0.3, 0.4) is 0 Å². The third-order valence-electron chi connectivity index (χ3n) is 4.66. The highest BCUT2D eigenvalue weighted by Gasteiger charge is 2.32. The van der Waals surface area contributed by atoms with Crippen LogP contribution in [0.15, 0.2) is 18.2 Å². The Kier molecular flexibility index (Phi) is 3.79. The van der Waals surface area contributed by atoms with Crippen molar-refractivity contribution in [2.45, 2.75) is 38.1 Å². The van der Waals surface area contributed by atoms with Crippen molar-refractivity contribution in [2.24, 2.45) is 5.92 Å². The normalized spacial score (nSPS) is 18.9. The number of hydrogen-bond acceptors (Lipinski definition) is 2. The van der Waals surface area contributed by atoms with Crippen molar-refractivity contribution >= 4 is 5.91 Å². The third kappa shape index (κ3) is 2.88. The minimum absolute atomic E-state index is 0.0761. The second-order valence-corrected chi connectivity index (χ2v) is 6.42. The Hall–Kier alpha value is -1.35. The maximum atomic E-state index is 12.3. The Labute approximate surface area is 121 Å². The predicted octanol–water partition coefficient (Wildman–Crippen LogP) is 2.25. The van der Waals surface area contributed by atoms with E-state index in [-0.39, 0.29) is 5.91 Å². The Morgan fingerprint density at radius 2 is 2.05 bits per heavy atom. The van der Waals surface area contributed by atoms with E-state index in [0.717, 1.165) is 24.4 Å². The molecule has 3 heteroatoms. The van der Waals surface area contributed by atoms with Gasteiger partial charge in [-0.05, 0) is 75.4 Å². The smallest absolute Gasteiger partial charge is 0.251 e. The minimum atomic E-state index is 0.0761. The average molecular weight is 272 g/mol. The van der Waals surface area contributed by atoms with E-state index in [1.54, 1.807) is 0 Å². The zero-order chi connectivity index (χ0) is 14.1. The van der Waals surface area contributed by atoms with Gasteiger partial charge in [0.05, 0.1) is 0 Å². The Morgan fingerprint density at radius 1 is 1.30 bits per heavy atom. The molecule has 0 radical (unpaired) electrons. The van der Waals surface area contributed by atoms with Gasteiger partial charge in [0.1, 0.15) is 0 Å². The number of nitrogens with one attached hydrogen (secondary N) is 1. The molecule has 0 aliphatic heterocycles. The quantitative estimate of drug-likeness (QED) is 0.891. The van der Waals surface area contributed by atoms with Crippen molar-refractivity contribution in [1.29, 1.82) is 0 Å². The topological polar surface area (TPSA) is 32.3 Å². The summed E-state index contributed by atoms with van der Waals surface area (Å²) in [7, 11) is 4.20. The van der Waals surface area contributed by atoms with Gasteiger partial charge >= 0.3 is 0 Å². The van der Waals surface area contributed by atoms with Gasteiger partial charge < -0.3 is 10.2 Å². The van der Waals surface area contributed by atoms with E-state index >= 15 is 0 Å². The number of benzene rings is 1. The third-order valence-corrected chi connectivity index (χ3v) is 4.66. The molecule has 3 rings (SSSR count). The van der Waals surface area contributed by atoms with Gasteiger partial charge in [-0.2, -0.15) is 0 Å². The number of fused-ring (bicyclic) bond motifs is 1. The standard InChI is InChI=1S/C17H24N2O/c1-19(2)16(13-7-8-13)11-18-17(20)15-9-6-12-4-3-5-14(12)10-15/h6,9-10,13,16H,3-5,7-8,11H2,1-2H3,(H,18,20)/t16-/m1/s1. The maximum Gasteiger partial charge on any atom is 0.251 e. The molecule has 1 aromatic rings. The van der Waals surface area contributed by atoms with Crippen molar-refractivity contribution in [3.8, 4) is 0 Å². The van der Waals surface area contributed by atoms with E-state index in [9.17, 15) is 4.79 Å². The number of nitrogens with zero attached hydrogens (tertiary/aromatic N) is 1. The molecule has 1 aromatic carbocycles. The zero-order valence-electron chi connectivity index (χ0n) is 12.5. The van der Waals surface area contributed by atoms with Crippen LogP contribution in [0.25, 0.3) is 0 Å². The summed E-state index contributed by atoms with van der Waals surface area (Å²) in [5.41, 5.74) is 3.61. The molecule has 0 saturated heterocycles. The lowest BCUT2D eigenvalue weighted by atomic mass is 10.1. The fourth-order valence-corrected chi connectivity index (χ4v) is 3.26. The number of hydrogen-bond donors (Lipinski definition) is 1. The largest absolute Gasteiger partial charge is 0.350 e. The molecule has 1 atom stereocenters. The van der Waals surface area contributed by atoms with Crippen LogP contribution in [-0.4, -0.2) is 37.5 Å². The number of aryl methyl sites for hydroxylation is 2. The Bertz CT molecular complexity index is 504. The van der Waals surface area contributed by atoms with Crippen LogP contribution in [0.4, 0.5) is 0 Å². The molecular formula is C17H24N2O. The van der Waals surface area contributed by atoms with Gasteiger partial charge in [-0.3, -0.25) is 4.79 Å². The summed E-state index contributed by atoms with van der Waals surface area (Å²) >= 11 is 0. The van der Waals surface area contributed by atoms with Gasteiger partial charge in [-0.1, -0.05) is 6.07 Å². The first-order chi connectivity index (χ1) is 9.65. The van der Waals surface area contributed by atoms with E-state index in [0.29, 0.717) is 6.04 Å². The molecule has 108 valence electrons. The lowest BCUT2D eigenvalue weighted by Gasteiger charge is -2.24. The second-order valence-electron chi connectivity index (χ2n) is 6.42. The van der Waals surface area contributed by atoms with E-state index in [1.165, 1.54) is 36.8 Å². The Balaban J connectivity index is 1.61. The van der Waals surface area contributed by atoms with Gasteiger partial charge in [0.2, 0.25) is 0 Å². The summed E-state index contributed by atoms with van der Waals surface area (Å²) in [6, 6.07) is 6.66. The molecule has 1 N–H and O–H groups in total. The van der Waals surface area contributed by atoms with Gasteiger partial charge in [-0.15, -0.1) is 0 Å². The summed E-state index contributed by atoms with van der Waals surface area (Å²) in [5.74, 6) is 0.845. The van der Waals surface area contributed by atoms with Crippen molar-refractivity contribution in [2.75, 3.05) is 20.6 Å². The molecule has 2 aliphatic rings. The van der Waals surface area contributed by atoms with E-state index in [4.69, 9.17) is 0 Å². The van der Waals surface area contributed by atoms with Gasteiger partial charge in [-0.25, -0.2) is 0 Å². The average Bonchev–Trinajstić information content (AvgIpc) is 3.15. The fraction of sp³-hybridized carbons (Fsp3) is 0.588. The van der Waals surface area contributed by atoms with Gasteiger partial charge in [0, 0.05) is 18.2 Å². The minimum Gasteiger partial charge on any atom is -0.350 e. The summed E-state index contributed by atoms with van der Waals surface area (Å²) in [6.45, 7) is 0.758. The highest BCUT2D eigenvalue weighted by Crippen LogP contribution is 2.34. The lowest BCUT2D eigenvalue weighted by molar-refractivity contribution is 0.0939. The molecule has 20 heavy (non-hydrogen) atoms. The first-order valence-corrected chi connectivity index (χ1v) is 7.71. The van der Waals surface area contributed by atoms with E-state index in [1.807, 2.05) is 6.07 Å². The van der Waals surface area contributed by atoms with Crippen LogP contribution in [0, 0.1) is 5.92 Å². The van der Waals surface area contributed by atoms with Gasteiger partial charge in [0.15, 0.2) is 0 Å². The number of likely N-dealkylation sites (N-methyl/N-ethyl adjacent to an activating group) is 1. The fourth-order valence-electron chi connectivity index (χ4n) is 3.26. The SMILES string of the molecule is CN(C)[C@H](CNC(=O)c1ccc2c(c1)CCC2)C1CC1. The van der Waals surface area contributed by atoms with Crippen LogP contribution >= 0.6 is 0 Å². The van der Waals surface area contributed by atoms with Crippen LogP contribution in [-0.2, 0) is 12.8 Å². The molecule has 3 nitrogen and oxygen atoms in total. The second kappa shape index (κ2) is 5.57. The van der Waals surface area contributed by atoms with Crippen molar-refractivity contribution in [1.82, 2.24) is 10.2 Å². The van der Waals surface area contributed by atoms with Gasteiger partial charge in [0.25, 0.3) is 5.91 Å². The molecule has 1 amide bonds. The monoisotopic (exact) mass is 272 g/mol. The number of amides is 1. The van der Waals surface area contributed by atoms with Crippen LogP contribution in [0.5, 0.6) is 0 Å². The van der Waals surface area contributed by atoms with Crippen LogP contribution in [0.2, 0.25) is 0 Å². The van der Waals surface area contributed by atoms with Crippen molar-refractivity contribution < 1.29 is 4.79 Å². The summed E-state index contributed by atoms with van der Waals surface area (Å²) < 4.78 is 0. The molecule has 2 aliphatic carbocycles. The highest BCUT2D eigenvalue weighted by atomic mass is 16.1. The predicted molar refractivity (Wildman–Crippen MR) is 81.0 cm³/mol. The zero-order valence-corrected chi connectivity index (χ0v) is 12.5. The number of carbonyl (C=O) groups excluding carboxylic acids is 1. The van der Waals surface area contributed by atoms with Crippen molar-refractivity contribution in [3.05, 3.63) is 34.9 Å². The first kappa shape index (κ1) is 13.6. The lowest BCUT2D eigenvalue weighted by Crippen LogP contribution is -2.41. The van der Waals surface area contributed by atoms with Crippen LogP contribution in [0.1, 0.15) is 40.7 Å². The number of rotatable bonds is 5. The maximum absolute atomic E-state index is 12.3. The molecule has 1 saturated carbocycles. The molecule has 0 bridgehead atoms. The Morgan fingerprint density at radius 3 is 2.75 bits per heavy atom. The summed E-state index contributed by atoms with van der Waals surface area (Å²) in [6.07, 6.45) is 6.13. The molecule has 0 spiro atoms.